The molecule has 3 aromatic rings. The number of esters is 1. The molecule has 0 saturated heterocycles. The van der Waals surface area contributed by atoms with E-state index in [0.717, 1.165) is 16.9 Å². The summed E-state index contributed by atoms with van der Waals surface area (Å²) in [5.41, 5.74) is 3.36. The van der Waals surface area contributed by atoms with Crippen molar-refractivity contribution >= 4 is 40.2 Å². The van der Waals surface area contributed by atoms with E-state index in [2.05, 4.69) is 16.4 Å². The molecule has 28 heavy (non-hydrogen) atoms. The standard InChI is InChI=1S/C21H16ClN3O2S/c1-2-27-21(26)15-5-9-18(10-6-15)24-12-16(11-23)20-25-19(13-28-20)14-3-7-17(22)8-4-14/h3-10,12-13,24H,2H2,1H3. The fourth-order valence-electron chi connectivity index (χ4n) is 2.36. The van der Waals surface area contributed by atoms with Crippen LogP contribution >= 0.6 is 22.9 Å². The number of thiazole rings is 1. The molecule has 0 saturated carbocycles. The number of carbonyl (C=O) groups is 1. The third-order valence-corrected chi connectivity index (χ3v) is 4.90. The topological polar surface area (TPSA) is 75.0 Å². The van der Waals surface area contributed by atoms with Gasteiger partial charge in [0.2, 0.25) is 0 Å². The second-order valence-corrected chi connectivity index (χ2v) is 6.95. The normalized spacial score (nSPS) is 11.0. The molecule has 0 aliphatic rings. The Kier molecular flexibility index (Phi) is 6.43. The van der Waals surface area contributed by atoms with Gasteiger partial charge in [-0.15, -0.1) is 11.3 Å². The summed E-state index contributed by atoms with van der Waals surface area (Å²) < 4.78 is 4.96. The molecule has 2 aromatic carbocycles. The number of aromatic nitrogens is 1. The van der Waals surface area contributed by atoms with E-state index in [-0.39, 0.29) is 5.97 Å². The summed E-state index contributed by atoms with van der Waals surface area (Å²) in [6, 6.07) is 16.4. The summed E-state index contributed by atoms with van der Waals surface area (Å²) in [7, 11) is 0. The van der Waals surface area contributed by atoms with Crippen LogP contribution in [0.25, 0.3) is 16.8 Å². The summed E-state index contributed by atoms with van der Waals surface area (Å²) in [4.78, 5) is 16.2. The highest BCUT2D eigenvalue weighted by Crippen LogP contribution is 2.27. The summed E-state index contributed by atoms with van der Waals surface area (Å²) >= 11 is 7.31. The van der Waals surface area contributed by atoms with Gasteiger partial charge in [0.05, 0.1) is 17.9 Å². The highest BCUT2D eigenvalue weighted by atomic mass is 35.5. The number of hydrogen-bond donors (Lipinski definition) is 1. The maximum atomic E-state index is 11.7. The Morgan fingerprint density at radius 1 is 1.25 bits per heavy atom. The molecule has 0 atom stereocenters. The van der Waals surface area contributed by atoms with Crippen LogP contribution in [0.15, 0.2) is 60.1 Å². The van der Waals surface area contributed by atoms with Gasteiger partial charge >= 0.3 is 5.97 Å². The molecular weight excluding hydrogens is 394 g/mol. The van der Waals surface area contributed by atoms with E-state index in [1.165, 1.54) is 11.3 Å². The molecule has 0 aliphatic heterocycles. The first kappa shape index (κ1) is 19.6. The van der Waals surface area contributed by atoms with Gasteiger partial charge in [-0.25, -0.2) is 9.78 Å². The van der Waals surface area contributed by atoms with Crippen LogP contribution in [-0.2, 0) is 4.74 Å². The lowest BCUT2D eigenvalue weighted by molar-refractivity contribution is 0.0526. The Bertz CT molecular complexity index is 1030. The molecular formula is C21H16ClN3O2S. The fraction of sp³-hybridized carbons (Fsp3) is 0.0952. The molecule has 0 radical (unpaired) electrons. The van der Waals surface area contributed by atoms with E-state index in [0.29, 0.717) is 27.8 Å². The Morgan fingerprint density at radius 2 is 1.96 bits per heavy atom. The Labute approximate surface area is 171 Å². The second kappa shape index (κ2) is 9.18. The highest BCUT2D eigenvalue weighted by molar-refractivity contribution is 7.11. The SMILES string of the molecule is CCOC(=O)c1ccc(NC=C(C#N)c2nc(-c3ccc(Cl)cc3)cs2)cc1. The Morgan fingerprint density at radius 3 is 2.61 bits per heavy atom. The van der Waals surface area contributed by atoms with Crippen LogP contribution in [-0.4, -0.2) is 17.6 Å². The minimum atomic E-state index is -0.361. The quantitative estimate of drug-likeness (QED) is 0.422. The van der Waals surface area contributed by atoms with Gasteiger partial charge in [-0.05, 0) is 43.3 Å². The van der Waals surface area contributed by atoms with E-state index in [1.807, 2.05) is 17.5 Å². The minimum Gasteiger partial charge on any atom is -0.462 e. The minimum absolute atomic E-state index is 0.332. The lowest BCUT2D eigenvalue weighted by Gasteiger charge is -2.04. The third-order valence-electron chi connectivity index (χ3n) is 3.77. The summed E-state index contributed by atoms with van der Waals surface area (Å²) in [5.74, 6) is -0.361. The van der Waals surface area contributed by atoms with Crippen molar-refractivity contribution in [2.24, 2.45) is 0 Å². The lowest BCUT2D eigenvalue weighted by atomic mass is 10.2. The van der Waals surface area contributed by atoms with Crippen LogP contribution in [0.1, 0.15) is 22.3 Å². The van der Waals surface area contributed by atoms with Gasteiger partial charge in [0.25, 0.3) is 0 Å². The number of halogens is 1. The van der Waals surface area contributed by atoms with Gasteiger partial charge in [0, 0.05) is 27.9 Å². The van der Waals surface area contributed by atoms with Gasteiger partial charge in [-0.3, -0.25) is 0 Å². The zero-order valence-electron chi connectivity index (χ0n) is 15.0. The molecule has 0 fully saturated rings. The highest BCUT2D eigenvalue weighted by Gasteiger charge is 2.09. The predicted octanol–water partition coefficient (Wildman–Crippen LogP) is 5.62. The van der Waals surface area contributed by atoms with Crippen LogP contribution in [0.2, 0.25) is 5.02 Å². The summed E-state index contributed by atoms with van der Waals surface area (Å²) in [6.45, 7) is 2.10. The van der Waals surface area contributed by atoms with E-state index in [9.17, 15) is 10.1 Å². The maximum Gasteiger partial charge on any atom is 0.338 e. The molecule has 1 heterocycles. The third kappa shape index (κ3) is 4.77. The molecule has 0 amide bonds. The van der Waals surface area contributed by atoms with Crippen molar-refractivity contribution in [3.05, 3.63) is 75.7 Å². The van der Waals surface area contributed by atoms with Crippen LogP contribution in [0.3, 0.4) is 0 Å². The molecule has 7 heteroatoms. The van der Waals surface area contributed by atoms with Gasteiger partial charge in [0.1, 0.15) is 16.6 Å². The maximum absolute atomic E-state index is 11.7. The van der Waals surface area contributed by atoms with Crippen molar-refractivity contribution in [2.45, 2.75) is 6.92 Å². The number of anilines is 1. The van der Waals surface area contributed by atoms with Crippen LogP contribution in [0, 0.1) is 11.3 Å². The van der Waals surface area contributed by atoms with Crippen LogP contribution in [0.4, 0.5) is 5.69 Å². The molecule has 5 nitrogen and oxygen atoms in total. The fourth-order valence-corrected chi connectivity index (χ4v) is 3.29. The molecule has 0 unspecified atom stereocenters. The molecule has 0 spiro atoms. The van der Waals surface area contributed by atoms with Crippen molar-refractivity contribution < 1.29 is 9.53 Å². The number of benzene rings is 2. The first-order valence-corrected chi connectivity index (χ1v) is 9.72. The molecule has 1 aromatic heterocycles. The lowest BCUT2D eigenvalue weighted by Crippen LogP contribution is -2.04. The van der Waals surface area contributed by atoms with Crippen molar-refractivity contribution in [2.75, 3.05) is 11.9 Å². The van der Waals surface area contributed by atoms with Crippen LogP contribution in [0.5, 0.6) is 0 Å². The zero-order valence-corrected chi connectivity index (χ0v) is 16.6. The number of nitrogens with one attached hydrogen (secondary N) is 1. The molecule has 0 bridgehead atoms. The van der Waals surface area contributed by atoms with Gasteiger partial charge in [-0.2, -0.15) is 5.26 Å². The van der Waals surface area contributed by atoms with Crippen molar-refractivity contribution in [3.63, 3.8) is 0 Å². The molecule has 3 rings (SSSR count). The van der Waals surface area contributed by atoms with Gasteiger partial charge < -0.3 is 10.1 Å². The average molecular weight is 410 g/mol. The number of rotatable bonds is 6. The van der Waals surface area contributed by atoms with Crippen molar-refractivity contribution in [1.82, 2.24) is 4.98 Å². The summed E-state index contributed by atoms with van der Waals surface area (Å²) in [6.07, 6.45) is 1.60. The van der Waals surface area contributed by atoms with E-state index < -0.39 is 0 Å². The Balaban J connectivity index is 1.73. The molecule has 140 valence electrons. The average Bonchev–Trinajstić information content (AvgIpc) is 3.20. The van der Waals surface area contributed by atoms with Crippen molar-refractivity contribution in [3.8, 4) is 17.3 Å². The van der Waals surface area contributed by atoms with Crippen LogP contribution < -0.4 is 5.32 Å². The largest absolute Gasteiger partial charge is 0.462 e. The first-order valence-electron chi connectivity index (χ1n) is 8.46. The molecule has 1 N–H and O–H groups in total. The number of allylic oxidation sites excluding steroid dienone is 1. The zero-order chi connectivity index (χ0) is 19.9. The van der Waals surface area contributed by atoms with E-state index in [1.54, 1.807) is 49.5 Å². The Hall–Kier alpha value is -3.14. The first-order chi connectivity index (χ1) is 13.6. The summed E-state index contributed by atoms with van der Waals surface area (Å²) in [5, 5.41) is 15.7. The predicted molar refractivity (Wildman–Crippen MR) is 112 cm³/mol. The van der Waals surface area contributed by atoms with E-state index >= 15 is 0 Å². The number of ether oxygens (including phenoxy) is 1. The van der Waals surface area contributed by atoms with E-state index in [4.69, 9.17) is 16.3 Å². The number of hydrogen-bond acceptors (Lipinski definition) is 6. The molecule has 0 aliphatic carbocycles. The smallest absolute Gasteiger partial charge is 0.338 e. The monoisotopic (exact) mass is 409 g/mol. The van der Waals surface area contributed by atoms with Crippen molar-refractivity contribution in [1.29, 1.82) is 5.26 Å². The number of nitriles is 1. The van der Waals surface area contributed by atoms with Gasteiger partial charge in [-0.1, -0.05) is 23.7 Å². The second-order valence-electron chi connectivity index (χ2n) is 5.66. The number of nitrogens with zero attached hydrogens (tertiary/aromatic N) is 2. The number of carbonyl (C=O) groups excluding carboxylic acids is 1. The van der Waals surface area contributed by atoms with Gasteiger partial charge in [0.15, 0.2) is 0 Å².